The molecule has 1 aliphatic heterocycles. The van der Waals surface area contributed by atoms with Gasteiger partial charge in [0.25, 0.3) is 0 Å². The Hall–Kier alpha value is -2.57. The van der Waals surface area contributed by atoms with Gasteiger partial charge in [0.2, 0.25) is 0 Å². The fraction of sp³-hybridized carbons (Fsp3) is 0.250. The van der Waals surface area contributed by atoms with E-state index in [0.29, 0.717) is 22.8 Å². The van der Waals surface area contributed by atoms with Gasteiger partial charge in [0.05, 0.1) is 0 Å². The Morgan fingerprint density at radius 1 is 0.971 bits per heavy atom. The van der Waals surface area contributed by atoms with Crippen LogP contribution in [-0.2, 0) is 0 Å². The van der Waals surface area contributed by atoms with Crippen LogP contribution in [-0.4, -0.2) is 42.0 Å². The number of carbonyl (C=O) groups is 1. The fourth-order valence-electron chi connectivity index (χ4n) is 4.43. The van der Waals surface area contributed by atoms with Crippen molar-refractivity contribution in [3.05, 3.63) is 82.9 Å². The quantitative estimate of drug-likeness (QED) is 0.253. The SMILES string of the molecule is Cl.O=C(c1ccc(OCCN2CCCCC2)cc1)c1c(-c2ccc(O)cc2)sc2cc(Cl)ccc12. The molecule has 5 rings (SSSR count). The van der Waals surface area contributed by atoms with E-state index in [1.807, 2.05) is 54.6 Å². The lowest BCUT2D eigenvalue weighted by molar-refractivity contribution is 0.104. The summed E-state index contributed by atoms with van der Waals surface area (Å²) >= 11 is 7.76. The molecule has 1 N–H and O–H groups in total. The molecule has 0 amide bonds. The minimum atomic E-state index is -0.0449. The highest BCUT2D eigenvalue weighted by Crippen LogP contribution is 2.41. The van der Waals surface area contributed by atoms with Gasteiger partial charge in [-0.25, -0.2) is 0 Å². The Kier molecular flexibility index (Phi) is 8.34. The highest BCUT2D eigenvalue weighted by Gasteiger charge is 2.22. The van der Waals surface area contributed by atoms with Crippen molar-refractivity contribution < 1.29 is 14.6 Å². The lowest BCUT2D eigenvalue weighted by Gasteiger charge is -2.26. The monoisotopic (exact) mass is 527 g/mol. The van der Waals surface area contributed by atoms with Gasteiger partial charge in [-0.3, -0.25) is 9.69 Å². The van der Waals surface area contributed by atoms with Crippen molar-refractivity contribution in [2.45, 2.75) is 19.3 Å². The molecule has 0 saturated carbocycles. The van der Waals surface area contributed by atoms with Gasteiger partial charge < -0.3 is 9.84 Å². The topological polar surface area (TPSA) is 49.8 Å². The van der Waals surface area contributed by atoms with Crippen LogP contribution in [0.1, 0.15) is 35.2 Å². The first-order valence-corrected chi connectivity index (χ1v) is 12.8. The van der Waals surface area contributed by atoms with Crippen LogP contribution in [0.2, 0.25) is 5.02 Å². The Morgan fingerprint density at radius 2 is 1.69 bits per heavy atom. The van der Waals surface area contributed by atoms with Crippen molar-refractivity contribution in [1.82, 2.24) is 4.90 Å². The number of halogens is 2. The molecule has 1 fully saturated rings. The highest BCUT2D eigenvalue weighted by molar-refractivity contribution is 7.22. The number of rotatable bonds is 7. The van der Waals surface area contributed by atoms with Crippen molar-refractivity contribution in [3.63, 3.8) is 0 Å². The summed E-state index contributed by atoms with van der Waals surface area (Å²) in [7, 11) is 0. The van der Waals surface area contributed by atoms with Crippen LogP contribution >= 0.6 is 35.3 Å². The first-order valence-electron chi connectivity index (χ1n) is 11.6. The molecule has 1 aliphatic rings. The third-order valence-electron chi connectivity index (χ3n) is 6.25. The van der Waals surface area contributed by atoms with Gasteiger partial charge in [0.15, 0.2) is 5.78 Å². The predicted octanol–water partition coefficient (Wildman–Crippen LogP) is 7.44. The van der Waals surface area contributed by atoms with E-state index in [1.54, 1.807) is 12.1 Å². The molecule has 2 heterocycles. The Bertz CT molecular complexity index is 1300. The van der Waals surface area contributed by atoms with Gasteiger partial charge in [-0.05, 0) is 92.2 Å². The zero-order valence-corrected chi connectivity index (χ0v) is 21.6. The number of carbonyl (C=O) groups excluding carboxylic acids is 1. The third kappa shape index (κ3) is 5.81. The Balaban J connectivity index is 0.00000289. The molecule has 182 valence electrons. The fourth-order valence-corrected chi connectivity index (χ4v) is 5.92. The minimum Gasteiger partial charge on any atom is -0.508 e. The number of likely N-dealkylation sites (tertiary alicyclic amines) is 1. The number of fused-ring (bicyclic) bond motifs is 1. The van der Waals surface area contributed by atoms with Gasteiger partial charge in [0, 0.05) is 37.7 Å². The number of piperidine rings is 1. The van der Waals surface area contributed by atoms with Crippen LogP contribution in [0.4, 0.5) is 0 Å². The molecule has 3 aromatic carbocycles. The molecule has 4 nitrogen and oxygen atoms in total. The maximum Gasteiger partial charge on any atom is 0.195 e. The molecule has 7 heteroatoms. The predicted molar refractivity (Wildman–Crippen MR) is 147 cm³/mol. The van der Waals surface area contributed by atoms with Crippen molar-refractivity contribution in [2.24, 2.45) is 0 Å². The summed E-state index contributed by atoms with van der Waals surface area (Å²) in [6.07, 6.45) is 3.87. The van der Waals surface area contributed by atoms with E-state index < -0.39 is 0 Å². The zero-order chi connectivity index (χ0) is 23.5. The molecule has 1 saturated heterocycles. The summed E-state index contributed by atoms with van der Waals surface area (Å²) in [5, 5.41) is 11.2. The summed E-state index contributed by atoms with van der Waals surface area (Å²) in [6.45, 7) is 3.88. The molecule has 35 heavy (non-hydrogen) atoms. The maximum absolute atomic E-state index is 13.7. The number of benzene rings is 3. The number of hydrogen-bond acceptors (Lipinski definition) is 5. The van der Waals surface area contributed by atoms with Crippen molar-refractivity contribution in [3.8, 4) is 21.9 Å². The van der Waals surface area contributed by atoms with Crippen LogP contribution in [0.15, 0.2) is 66.7 Å². The van der Waals surface area contributed by atoms with Crippen LogP contribution < -0.4 is 4.74 Å². The van der Waals surface area contributed by atoms with Gasteiger partial charge in [0.1, 0.15) is 18.1 Å². The van der Waals surface area contributed by atoms with Gasteiger partial charge in [-0.15, -0.1) is 23.7 Å². The lowest BCUT2D eigenvalue weighted by atomic mass is 9.97. The molecule has 4 aromatic rings. The normalized spacial score (nSPS) is 14.0. The molecule has 0 atom stereocenters. The van der Waals surface area contributed by atoms with E-state index in [4.69, 9.17) is 16.3 Å². The molecular formula is C28H27Cl2NO3S. The maximum atomic E-state index is 13.7. The van der Waals surface area contributed by atoms with E-state index in [1.165, 1.54) is 30.6 Å². The second kappa shape index (κ2) is 11.4. The summed E-state index contributed by atoms with van der Waals surface area (Å²) in [5.74, 6) is 0.919. The average Bonchev–Trinajstić information content (AvgIpc) is 3.23. The average molecular weight is 529 g/mol. The number of ether oxygens (including phenoxy) is 1. The van der Waals surface area contributed by atoms with Crippen LogP contribution in [0, 0.1) is 0 Å². The number of thiophene rings is 1. The molecule has 1 aromatic heterocycles. The second-order valence-electron chi connectivity index (χ2n) is 8.60. The second-order valence-corrected chi connectivity index (χ2v) is 10.1. The summed E-state index contributed by atoms with van der Waals surface area (Å²) < 4.78 is 6.89. The number of aromatic hydroxyl groups is 1. The third-order valence-corrected chi connectivity index (χ3v) is 7.69. The Labute approximate surface area is 220 Å². The number of nitrogens with zero attached hydrogens (tertiary/aromatic N) is 1. The molecule has 0 bridgehead atoms. The Morgan fingerprint density at radius 3 is 2.40 bits per heavy atom. The first-order chi connectivity index (χ1) is 16.6. The molecule has 0 spiro atoms. The van der Waals surface area contributed by atoms with E-state index in [9.17, 15) is 9.90 Å². The van der Waals surface area contributed by atoms with E-state index in [0.717, 1.165) is 45.9 Å². The van der Waals surface area contributed by atoms with Gasteiger partial charge in [-0.1, -0.05) is 24.1 Å². The van der Waals surface area contributed by atoms with E-state index >= 15 is 0 Å². The zero-order valence-electron chi connectivity index (χ0n) is 19.2. The number of phenolic OH excluding ortho intramolecular Hbond substituents is 1. The van der Waals surface area contributed by atoms with Crippen LogP contribution in [0.3, 0.4) is 0 Å². The van der Waals surface area contributed by atoms with E-state index in [-0.39, 0.29) is 23.9 Å². The highest BCUT2D eigenvalue weighted by atomic mass is 35.5. The molecule has 0 aliphatic carbocycles. The number of ketones is 1. The number of phenols is 1. The van der Waals surface area contributed by atoms with Crippen molar-refractivity contribution >= 4 is 51.2 Å². The molecule has 0 unspecified atom stereocenters. The van der Waals surface area contributed by atoms with Gasteiger partial charge in [-0.2, -0.15) is 0 Å². The minimum absolute atomic E-state index is 0. The van der Waals surface area contributed by atoms with Crippen LogP contribution in [0.5, 0.6) is 11.5 Å². The molecule has 0 radical (unpaired) electrons. The van der Waals surface area contributed by atoms with Crippen molar-refractivity contribution in [2.75, 3.05) is 26.2 Å². The lowest BCUT2D eigenvalue weighted by Crippen LogP contribution is -2.33. The summed E-state index contributed by atoms with van der Waals surface area (Å²) in [6, 6.07) is 19.9. The van der Waals surface area contributed by atoms with Gasteiger partial charge >= 0.3 is 0 Å². The standard InChI is InChI=1S/C28H26ClNO3S.ClH/c29-21-8-13-24-25(18-21)34-28(20-4-9-22(31)10-5-20)26(24)27(32)19-6-11-23(12-7-19)33-17-16-30-14-2-1-3-15-30;/h4-13,18,31H,1-3,14-17H2;1H. The number of hydrogen-bond donors (Lipinski definition) is 1. The van der Waals surface area contributed by atoms with E-state index in [2.05, 4.69) is 4.90 Å². The van der Waals surface area contributed by atoms with Crippen molar-refractivity contribution in [1.29, 1.82) is 0 Å². The summed E-state index contributed by atoms with van der Waals surface area (Å²) in [4.78, 5) is 17.0. The summed E-state index contributed by atoms with van der Waals surface area (Å²) in [5.41, 5.74) is 2.15. The largest absolute Gasteiger partial charge is 0.508 e. The van der Waals surface area contributed by atoms with Crippen LogP contribution in [0.25, 0.3) is 20.5 Å². The smallest absolute Gasteiger partial charge is 0.195 e. The first kappa shape index (κ1) is 25.5. The molecular weight excluding hydrogens is 501 g/mol.